The Balaban J connectivity index is 2.38. The summed E-state index contributed by atoms with van der Waals surface area (Å²) in [6.07, 6.45) is -0.862. The molecule has 1 aromatic carbocycles. The number of rotatable bonds is 6. The fraction of sp³-hybridized carbons (Fsp3) is 0.400. The Bertz CT molecular complexity index is 301. The molecule has 1 atom stereocenters. The maximum atomic E-state index is 9.01. The lowest BCUT2D eigenvalue weighted by molar-refractivity contribution is 0.0000281. The zero-order valence-corrected chi connectivity index (χ0v) is 8.78. The molecule has 88 valence electrons. The first kappa shape index (κ1) is 13.2. The highest BCUT2D eigenvalue weighted by molar-refractivity contribution is 6.58. The van der Waals surface area contributed by atoms with Crippen LogP contribution in [-0.2, 0) is 11.3 Å². The zero-order chi connectivity index (χ0) is 12.0. The third-order valence-corrected chi connectivity index (χ3v) is 2.07. The van der Waals surface area contributed by atoms with Gasteiger partial charge in [0, 0.05) is 0 Å². The van der Waals surface area contributed by atoms with Crippen molar-refractivity contribution in [1.82, 2.24) is 0 Å². The van der Waals surface area contributed by atoms with E-state index in [4.69, 9.17) is 25.0 Å². The molecule has 0 amide bonds. The lowest BCUT2D eigenvalue weighted by Gasteiger charge is -2.08. The summed E-state index contributed by atoms with van der Waals surface area (Å²) in [5.41, 5.74) is 1.27. The van der Waals surface area contributed by atoms with Crippen LogP contribution in [0.3, 0.4) is 0 Å². The van der Waals surface area contributed by atoms with Crippen LogP contribution in [0, 0.1) is 0 Å². The first-order valence-electron chi connectivity index (χ1n) is 4.95. The van der Waals surface area contributed by atoms with Gasteiger partial charge < -0.3 is 25.0 Å². The van der Waals surface area contributed by atoms with E-state index in [1.54, 1.807) is 24.3 Å². The van der Waals surface area contributed by atoms with Gasteiger partial charge in [-0.3, -0.25) is 0 Å². The van der Waals surface area contributed by atoms with Crippen LogP contribution in [-0.4, -0.2) is 46.7 Å². The normalized spacial score (nSPS) is 12.5. The van der Waals surface area contributed by atoms with E-state index < -0.39 is 13.2 Å². The summed E-state index contributed by atoms with van der Waals surface area (Å²) in [7, 11) is -1.47. The fourth-order valence-corrected chi connectivity index (χ4v) is 1.15. The molecule has 0 fully saturated rings. The van der Waals surface area contributed by atoms with Crippen molar-refractivity contribution in [2.24, 2.45) is 0 Å². The number of hydrogen-bond acceptors (Lipinski definition) is 5. The molecule has 4 N–H and O–H groups in total. The maximum absolute atomic E-state index is 9.01. The minimum atomic E-state index is -1.47. The topological polar surface area (TPSA) is 90.2 Å². The van der Waals surface area contributed by atoms with E-state index in [9.17, 15) is 0 Å². The Labute approximate surface area is 94.1 Å². The highest BCUT2D eigenvalue weighted by atomic mass is 16.5. The van der Waals surface area contributed by atoms with Crippen molar-refractivity contribution in [2.45, 2.75) is 12.7 Å². The molecule has 0 saturated carbocycles. The zero-order valence-electron chi connectivity index (χ0n) is 8.78. The highest BCUT2D eigenvalue weighted by Gasteiger charge is 2.09. The van der Waals surface area contributed by atoms with Crippen molar-refractivity contribution >= 4 is 12.6 Å². The molecule has 0 spiro atoms. The van der Waals surface area contributed by atoms with E-state index in [1.807, 2.05) is 0 Å². The van der Waals surface area contributed by atoms with Gasteiger partial charge in [0.2, 0.25) is 0 Å². The maximum Gasteiger partial charge on any atom is 0.488 e. The van der Waals surface area contributed by atoms with Crippen molar-refractivity contribution in [3.05, 3.63) is 29.8 Å². The number of hydrogen-bond donors (Lipinski definition) is 4. The van der Waals surface area contributed by atoms with Gasteiger partial charge in [0.25, 0.3) is 0 Å². The second-order valence-electron chi connectivity index (χ2n) is 3.47. The standard InChI is InChI=1S/C10H15BO5/c12-5-10(13)7-16-6-8-1-3-9(4-2-8)11(14)15/h1-4,10,12-15H,5-7H2. The molecule has 1 rings (SSSR count). The quantitative estimate of drug-likeness (QED) is 0.431. The summed E-state index contributed by atoms with van der Waals surface area (Å²) < 4.78 is 5.14. The van der Waals surface area contributed by atoms with Gasteiger partial charge in [-0.25, -0.2) is 0 Å². The van der Waals surface area contributed by atoms with Crippen LogP contribution in [0.4, 0.5) is 0 Å². The fourth-order valence-electron chi connectivity index (χ4n) is 1.15. The van der Waals surface area contributed by atoms with Gasteiger partial charge in [0.05, 0.1) is 19.8 Å². The van der Waals surface area contributed by atoms with Crippen LogP contribution in [0.5, 0.6) is 0 Å². The first-order valence-corrected chi connectivity index (χ1v) is 4.95. The number of ether oxygens (including phenoxy) is 1. The number of benzene rings is 1. The van der Waals surface area contributed by atoms with Crippen molar-refractivity contribution < 1.29 is 25.0 Å². The second-order valence-corrected chi connectivity index (χ2v) is 3.47. The van der Waals surface area contributed by atoms with Crippen LogP contribution in [0.1, 0.15) is 5.56 Å². The lowest BCUT2D eigenvalue weighted by atomic mass is 9.80. The Morgan fingerprint density at radius 2 is 1.81 bits per heavy atom. The monoisotopic (exact) mass is 226 g/mol. The van der Waals surface area contributed by atoms with E-state index in [-0.39, 0.29) is 13.2 Å². The predicted octanol–water partition coefficient (Wildman–Crippen LogP) is -1.76. The minimum absolute atomic E-state index is 0.0703. The molecule has 6 heteroatoms. The smallest absolute Gasteiger partial charge is 0.423 e. The molecular weight excluding hydrogens is 211 g/mol. The molecule has 0 aliphatic rings. The molecule has 0 radical (unpaired) electrons. The van der Waals surface area contributed by atoms with Gasteiger partial charge in [-0.2, -0.15) is 0 Å². The highest BCUT2D eigenvalue weighted by Crippen LogP contribution is 2.00. The molecule has 1 unspecified atom stereocenters. The van der Waals surface area contributed by atoms with Crippen molar-refractivity contribution in [3.63, 3.8) is 0 Å². The minimum Gasteiger partial charge on any atom is -0.423 e. The van der Waals surface area contributed by atoms with Crippen molar-refractivity contribution in [2.75, 3.05) is 13.2 Å². The Hall–Kier alpha value is -0.915. The molecule has 1 aromatic rings. The summed E-state index contributed by atoms with van der Waals surface area (Å²) in [4.78, 5) is 0. The Kier molecular flexibility index (Phi) is 5.44. The van der Waals surface area contributed by atoms with Gasteiger partial charge in [0.15, 0.2) is 0 Å². The molecule has 0 aliphatic carbocycles. The van der Waals surface area contributed by atoms with Crippen LogP contribution < -0.4 is 5.46 Å². The van der Waals surface area contributed by atoms with Crippen molar-refractivity contribution in [3.8, 4) is 0 Å². The summed E-state index contributed by atoms with van der Waals surface area (Å²) in [6.45, 7) is 0.0510. The van der Waals surface area contributed by atoms with E-state index in [1.165, 1.54) is 0 Å². The molecule has 16 heavy (non-hydrogen) atoms. The van der Waals surface area contributed by atoms with Gasteiger partial charge >= 0.3 is 7.12 Å². The Morgan fingerprint density at radius 1 is 1.19 bits per heavy atom. The third kappa shape index (κ3) is 4.30. The van der Waals surface area contributed by atoms with Gasteiger partial charge in [-0.1, -0.05) is 24.3 Å². The average Bonchev–Trinajstić information content (AvgIpc) is 2.29. The molecule has 0 heterocycles. The summed E-state index contributed by atoms with van der Waals surface area (Å²) in [6, 6.07) is 6.60. The molecule has 0 aliphatic heterocycles. The number of aliphatic hydroxyl groups is 2. The van der Waals surface area contributed by atoms with E-state index in [0.29, 0.717) is 12.1 Å². The van der Waals surface area contributed by atoms with E-state index in [0.717, 1.165) is 5.56 Å². The van der Waals surface area contributed by atoms with Crippen LogP contribution in [0.15, 0.2) is 24.3 Å². The molecule has 5 nitrogen and oxygen atoms in total. The molecule has 0 saturated heterocycles. The van der Waals surface area contributed by atoms with E-state index in [2.05, 4.69) is 0 Å². The summed E-state index contributed by atoms with van der Waals surface area (Å²) >= 11 is 0. The summed E-state index contributed by atoms with van der Waals surface area (Å²) in [5, 5.41) is 35.3. The van der Waals surface area contributed by atoms with E-state index >= 15 is 0 Å². The first-order chi connectivity index (χ1) is 7.63. The second kappa shape index (κ2) is 6.62. The molecule has 0 bridgehead atoms. The number of aliphatic hydroxyl groups excluding tert-OH is 2. The summed E-state index contributed by atoms with van der Waals surface area (Å²) in [5.74, 6) is 0. The van der Waals surface area contributed by atoms with Crippen LogP contribution >= 0.6 is 0 Å². The molecular formula is C10H15BO5. The third-order valence-electron chi connectivity index (χ3n) is 2.07. The largest absolute Gasteiger partial charge is 0.488 e. The Morgan fingerprint density at radius 3 is 2.31 bits per heavy atom. The SMILES string of the molecule is OCC(O)COCc1ccc(B(O)O)cc1. The van der Waals surface area contributed by atoms with Gasteiger partial charge in [-0.15, -0.1) is 0 Å². The predicted molar refractivity (Wildman–Crippen MR) is 59.0 cm³/mol. The van der Waals surface area contributed by atoms with Gasteiger partial charge in [-0.05, 0) is 11.0 Å². The molecule has 0 aromatic heterocycles. The average molecular weight is 226 g/mol. The van der Waals surface area contributed by atoms with Crippen molar-refractivity contribution in [1.29, 1.82) is 0 Å². The van der Waals surface area contributed by atoms with Crippen LogP contribution in [0.2, 0.25) is 0 Å². The van der Waals surface area contributed by atoms with Crippen LogP contribution in [0.25, 0.3) is 0 Å². The van der Waals surface area contributed by atoms with Gasteiger partial charge in [0.1, 0.15) is 6.10 Å². The lowest BCUT2D eigenvalue weighted by Crippen LogP contribution is -2.29.